The predicted octanol–water partition coefficient (Wildman–Crippen LogP) is 3.13. The van der Waals surface area contributed by atoms with Gasteiger partial charge in [-0.25, -0.2) is 5.43 Å². The van der Waals surface area contributed by atoms with Crippen molar-refractivity contribution in [1.29, 1.82) is 0 Å². The first-order valence-electron chi connectivity index (χ1n) is 6.66. The van der Waals surface area contributed by atoms with Crippen molar-refractivity contribution in [3.63, 3.8) is 0 Å². The van der Waals surface area contributed by atoms with Crippen LogP contribution in [-0.2, 0) is 11.2 Å². The molecule has 0 aliphatic heterocycles. The molecular weight excluding hydrogens is 248 g/mol. The van der Waals surface area contributed by atoms with Crippen molar-refractivity contribution in [3.05, 3.63) is 71.8 Å². The first kappa shape index (κ1) is 14.0. The number of hydrazone groups is 1. The zero-order chi connectivity index (χ0) is 14.2. The molecule has 3 heteroatoms. The molecule has 0 aliphatic carbocycles. The number of rotatable bonds is 5. The third-order valence-corrected chi connectivity index (χ3v) is 3.02. The lowest BCUT2D eigenvalue weighted by Crippen LogP contribution is -2.20. The van der Waals surface area contributed by atoms with Gasteiger partial charge in [0.15, 0.2) is 0 Å². The predicted molar refractivity (Wildman–Crippen MR) is 81.6 cm³/mol. The van der Waals surface area contributed by atoms with E-state index in [1.54, 1.807) is 6.21 Å². The number of carbonyl (C=O) groups is 1. The highest BCUT2D eigenvalue weighted by atomic mass is 16.2. The van der Waals surface area contributed by atoms with Gasteiger partial charge in [0.2, 0.25) is 5.91 Å². The summed E-state index contributed by atoms with van der Waals surface area (Å²) in [6, 6.07) is 19.7. The van der Waals surface area contributed by atoms with Crippen molar-refractivity contribution in [1.82, 2.24) is 5.43 Å². The average Bonchev–Trinajstić information content (AvgIpc) is 2.49. The van der Waals surface area contributed by atoms with E-state index in [9.17, 15) is 4.79 Å². The van der Waals surface area contributed by atoms with Crippen LogP contribution in [0.2, 0.25) is 0 Å². The molecule has 2 aromatic carbocycles. The van der Waals surface area contributed by atoms with E-state index in [4.69, 9.17) is 0 Å². The van der Waals surface area contributed by atoms with E-state index in [1.165, 1.54) is 5.56 Å². The Bertz CT molecular complexity index is 564. The van der Waals surface area contributed by atoms with Gasteiger partial charge in [-0.15, -0.1) is 0 Å². The first-order valence-corrected chi connectivity index (χ1v) is 6.66. The maximum atomic E-state index is 11.7. The third-order valence-electron chi connectivity index (χ3n) is 3.02. The Morgan fingerprint density at radius 3 is 2.35 bits per heavy atom. The van der Waals surface area contributed by atoms with Crippen LogP contribution in [0.3, 0.4) is 0 Å². The van der Waals surface area contributed by atoms with Gasteiger partial charge in [-0.05, 0) is 11.1 Å². The van der Waals surface area contributed by atoms with Gasteiger partial charge < -0.3 is 0 Å². The van der Waals surface area contributed by atoms with Gasteiger partial charge in [-0.3, -0.25) is 4.79 Å². The number of nitrogens with zero attached hydrogens (tertiary/aromatic N) is 1. The Hall–Kier alpha value is -2.42. The highest BCUT2D eigenvalue weighted by molar-refractivity contribution is 5.79. The van der Waals surface area contributed by atoms with E-state index in [2.05, 4.69) is 10.5 Å². The normalized spacial score (nSPS) is 12.2. The van der Waals surface area contributed by atoms with Crippen LogP contribution in [0.1, 0.15) is 24.0 Å². The van der Waals surface area contributed by atoms with Gasteiger partial charge in [0.1, 0.15) is 0 Å². The summed E-state index contributed by atoms with van der Waals surface area (Å²) in [7, 11) is 0. The number of hydrogen-bond acceptors (Lipinski definition) is 2. The highest BCUT2D eigenvalue weighted by Crippen LogP contribution is 2.11. The number of benzene rings is 2. The van der Waals surface area contributed by atoms with Gasteiger partial charge in [0.25, 0.3) is 0 Å². The van der Waals surface area contributed by atoms with E-state index in [0.717, 1.165) is 5.56 Å². The summed E-state index contributed by atoms with van der Waals surface area (Å²) in [5.41, 5.74) is 4.72. The molecule has 0 aliphatic rings. The second-order valence-corrected chi connectivity index (χ2v) is 4.67. The number of carbonyl (C=O) groups excluding carboxylic acids is 1. The molecule has 3 nitrogen and oxygen atoms in total. The number of amides is 1. The molecule has 0 fully saturated rings. The minimum atomic E-state index is -0.104. The van der Waals surface area contributed by atoms with Gasteiger partial charge in [0.05, 0.1) is 6.42 Å². The summed E-state index contributed by atoms with van der Waals surface area (Å²) in [5, 5.41) is 4.02. The van der Waals surface area contributed by atoms with Gasteiger partial charge in [-0.2, -0.15) is 5.10 Å². The summed E-state index contributed by atoms with van der Waals surface area (Å²) in [6.07, 6.45) is 2.09. The van der Waals surface area contributed by atoms with E-state index in [-0.39, 0.29) is 11.8 Å². The van der Waals surface area contributed by atoms with E-state index >= 15 is 0 Å². The zero-order valence-electron chi connectivity index (χ0n) is 11.5. The van der Waals surface area contributed by atoms with Crippen LogP contribution in [0.4, 0.5) is 0 Å². The van der Waals surface area contributed by atoms with E-state index < -0.39 is 0 Å². The molecule has 1 atom stereocenters. The smallest absolute Gasteiger partial charge is 0.244 e. The first-order chi connectivity index (χ1) is 9.75. The number of nitrogens with one attached hydrogen (secondary N) is 1. The molecule has 0 bridgehead atoms. The zero-order valence-corrected chi connectivity index (χ0v) is 11.5. The third kappa shape index (κ3) is 4.35. The lowest BCUT2D eigenvalue weighted by atomic mass is 10.0. The monoisotopic (exact) mass is 266 g/mol. The molecule has 0 saturated heterocycles. The van der Waals surface area contributed by atoms with Crippen molar-refractivity contribution in [2.45, 2.75) is 19.3 Å². The van der Waals surface area contributed by atoms with Crippen LogP contribution in [-0.4, -0.2) is 12.1 Å². The Labute approximate surface area is 119 Å². The Balaban J connectivity index is 1.83. The Kier molecular flexibility index (Phi) is 5.07. The molecular formula is C17H18N2O. The SMILES string of the molecule is CC(C=NNC(=O)Cc1ccccc1)c1ccccc1. The fraction of sp³-hybridized carbons (Fsp3) is 0.176. The van der Waals surface area contributed by atoms with Crippen molar-refractivity contribution >= 4 is 12.1 Å². The second kappa shape index (κ2) is 7.24. The molecule has 0 saturated carbocycles. The second-order valence-electron chi connectivity index (χ2n) is 4.67. The van der Waals surface area contributed by atoms with Crippen molar-refractivity contribution in [2.24, 2.45) is 5.10 Å². The van der Waals surface area contributed by atoms with Crippen molar-refractivity contribution in [2.75, 3.05) is 0 Å². The molecule has 1 N–H and O–H groups in total. The van der Waals surface area contributed by atoms with E-state index in [0.29, 0.717) is 6.42 Å². The van der Waals surface area contributed by atoms with Gasteiger partial charge in [0, 0.05) is 12.1 Å². The maximum absolute atomic E-state index is 11.7. The fourth-order valence-electron chi connectivity index (χ4n) is 1.88. The largest absolute Gasteiger partial charge is 0.273 e. The summed E-state index contributed by atoms with van der Waals surface area (Å²) in [6.45, 7) is 2.04. The highest BCUT2D eigenvalue weighted by Gasteiger charge is 2.03. The van der Waals surface area contributed by atoms with Crippen molar-refractivity contribution in [3.8, 4) is 0 Å². The summed E-state index contributed by atoms with van der Waals surface area (Å²) in [5.74, 6) is 0.0703. The molecule has 0 radical (unpaired) electrons. The molecule has 102 valence electrons. The summed E-state index contributed by atoms with van der Waals surface area (Å²) >= 11 is 0. The number of hydrogen-bond donors (Lipinski definition) is 1. The van der Waals surface area contributed by atoms with Gasteiger partial charge in [-0.1, -0.05) is 67.6 Å². The Morgan fingerprint density at radius 1 is 1.10 bits per heavy atom. The quantitative estimate of drug-likeness (QED) is 0.655. The molecule has 1 amide bonds. The molecule has 20 heavy (non-hydrogen) atoms. The van der Waals surface area contributed by atoms with Crippen LogP contribution in [0, 0.1) is 0 Å². The molecule has 0 heterocycles. The maximum Gasteiger partial charge on any atom is 0.244 e. The van der Waals surface area contributed by atoms with Crippen LogP contribution in [0.5, 0.6) is 0 Å². The Morgan fingerprint density at radius 2 is 1.70 bits per heavy atom. The lowest BCUT2D eigenvalue weighted by Gasteiger charge is -2.05. The van der Waals surface area contributed by atoms with Gasteiger partial charge >= 0.3 is 0 Å². The lowest BCUT2D eigenvalue weighted by molar-refractivity contribution is -0.120. The van der Waals surface area contributed by atoms with Crippen LogP contribution < -0.4 is 5.43 Å². The summed E-state index contributed by atoms with van der Waals surface area (Å²) < 4.78 is 0. The van der Waals surface area contributed by atoms with Crippen LogP contribution >= 0.6 is 0 Å². The van der Waals surface area contributed by atoms with Crippen LogP contribution in [0.25, 0.3) is 0 Å². The van der Waals surface area contributed by atoms with Crippen molar-refractivity contribution < 1.29 is 4.79 Å². The molecule has 2 rings (SSSR count). The van der Waals surface area contributed by atoms with Crippen LogP contribution in [0.15, 0.2) is 65.8 Å². The molecule has 0 spiro atoms. The fourth-order valence-corrected chi connectivity index (χ4v) is 1.88. The molecule has 1 unspecified atom stereocenters. The minimum Gasteiger partial charge on any atom is -0.273 e. The topological polar surface area (TPSA) is 41.5 Å². The minimum absolute atomic E-state index is 0.104. The average molecular weight is 266 g/mol. The molecule has 0 aromatic heterocycles. The molecule has 2 aromatic rings. The van der Waals surface area contributed by atoms with E-state index in [1.807, 2.05) is 67.6 Å². The summed E-state index contributed by atoms with van der Waals surface area (Å²) in [4.78, 5) is 11.7. The standard InChI is InChI=1S/C17H18N2O/c1-14(16-10-6-3-7-11-16)13-18-19-17(20)12-15-8-4-2-5-9-15/h2-11,13-14H,12H2,1H3,(H,19,20).